The fraction of sp³-hybridized carbons (Fsp3) is 0.571. The number of H-pyrrole nitrogens is 1. The van der Waals surface area contributed by atoms with E-state index in [4.69, 9.17) is 0 Å². The molecule has 2 aromatic heterocycles. The van der Waals surface area contributed by atoms with Gasteiger partial charge < -0.3 is 15.2 Å². The molecule has 4 rings (SSSR count). The van der Waals surface area contributed by atoms with Gasteiger partial charge in [0.15, 0.2) is 0 Å². The van der Waals surface area contributed by atoms with Gasteiger partial charge in [0.25, 0.3) is 0 Å². The average molecular weight is 257 g/mol. The minimum Gasteiger partial charge on any atom is -0.355 e. The highest BCUT2D eigenvalue weighted by Gasteiger charge is 2.41. The maximum atomic E-state index is 4.55. The largest absolute Gasteiger partial charge is 0.355 e. The smallest absolute Gasteiger partial charge is 0.143 e. The number of aromatic amines is 1. The first-order chi connectivity index (χ1) is 9.27. The summed E-state index contributed by atoms with van der Waals surface area (Å²) in [7, 11) is 0. The van der Waals surface area contributed by atoms with Gasteiger partial charge in [-0.2, -0.15) is 0 Å². The Bertz CT molecular complexity index is 611. The van der Waals surface area contributed by atoms with Crippen molar-refractivity contribution in [2.45, 2.75) is 19.8 Å². The molecule has 0 saturated carbocycles. The molecule has 5 nitrogen and oxygen atoms in total. The van der Waals surface area contributed by atoms with Gasteiger partial charge in [-0.15, -0.1) is 0 Å². The highest BCUT2D eigenvalue weighted by atomic mass is 15.2. The van der Waals surface area contributed by atoms with E-state index >= 15 is 0 Å². The first-order valence-corrected chi connectivity index (χ1v) is 7.02. The summed E-state index contributed by atoms with van der Waals surface area (Å²) in [5.41, 5.74) is 2.66. The maximum absolute atomic E-state index is 4.55. The number of anilines is 1. The van der Waals surface area contributed by atoms with E-state index in [2.05, 4.69) is 32.1 Å². The van der Waals surface area contributed by atoms with E-state index in [0.717, 1.165) is 37.6 Å². The number of rotatable bonds is 1. The van der Waals surface area contributed by atoms with Crippen LogP contribution in [0.1, 0.15) is 18.4 Å². The Kier molecular flexibility index (Phi) is 2.33. The van der Waals surface area contributed by atoms with Gasteiger partial charge in [0.2, 0.25) is 0 Å². The summed E-state index contributed by atoms with van der Waals surface area (Å²) in [5.74, 6) is 1.10. The molecular weight excluding hydrogens is 238 g/mol. The summed E-state index contributed by atoms with van der Waals surface area (Å²) < 4.78 is 0. The Balaban J connectivity index is 1.73. The monoisotopic (exact) mass is 257 g/mol. The van der Waals surface area contributed by atoms with E-state index in [-0.39, 0.29) is 0 Å². The van der Waals surface area contributed by atoms with Crippen molar-refractivity contribution in [2.75, 3.05) is 31.1 Å². The van der Waals surface area contributed by atoms with Crippen LogP contribution in [0.4, 0.5) is 5.82 Å². The zero-order chi connectivity index (χ0) is 12.9. The quantitative estimate of drug-likeness (QED) is 0.812. The average Bonchev–Trinajstić information content (AvgIpc) is 3.13. The fourth-order valence-corrected chi connectivity index (χ4v) is 3.60. The Morgan fingerprint density at radius 3 is 3.11 bits per heavy atom. The molecule has 2 saturated heterocycles. The predicted octanol–water partition coefficient (Wildman–Crippen LogP) is 1.46. The molecule has 1 atom stereocenters. The third kappa shape index (κ3) is 1.64. The van der Waals surface area contributed by atoms with Crippen LogP contribution in [-0.2, 0) is 0 Å². The van der Waals surface area contributed by atoms with Crippen LogP contribution in [-0.4, -0.2) is 41.1 Å². The van der Waals surface area contributed by atoms with E-state index in [9.17, 15) is 0 Å². The van der Waals surface area contributed by atoms with Gasteiger partial charge in [0, 0.05) is 31.2 Å². The van der Waals surface area contributed by atoms with Gasteiger partial charge in [-0.3, -0.25) is 0 Å². The number of hydrogen-bond acceptors (Lipinski definition) is 4. The van der Waals surface area contributed by atoms with Gasteiger partial charge in [-0.05, 0) is 31.9 Å². The number of nitrogens with one attached hydrogen (secondary N) is 2. The second kappa shape index (κ2) is 3.93. The second-order valence-electron chi connectivity index (χ2n) is 5.99. The van der Waals surface area contributed by atoms with Crippen LogP contribution in [0, 0.1) is 12.3 Å². The molecule has 1 unspecified atom stereocenters. The molecule has 0 radical (unpaired) electrons. The molecule has 2 fully saturated rings. The number of aryl methyl sites for hydroxylation is 1. The lowest BCUT2D eigenvalue weighted by molar-refractivity contribution is 0.369. The van der Waals surface area contributed by atoms with Crippen LogP contribution < -0.4 is 10.2 Å². The summed E-state index contributed by atoms with van der Waals surface area (Å²) >= 11 is 0. The van der Waals surface area contributed by atoms with Crippen LogP contribution in [0.3, 0.4) is 0 Å². The Hall–Kier alpha value is -1.62. The zero-order valence-corrected chi connectivity index (χ0v) is 11.2. The van der Waals surface area contributed by atoms with E-state index in [1.807, 2.05) is 6.20 Å². The molecule has 100 valence electrons. The van der Waals surface area contributed by atoms with Gasteiger partial charge in [0.05, 0.1) is 5.39 Å². The molecule has 0 aliphatic carbocycles. The molecule has 1 spiro atoms. The van der Waals surface area contributed by atoms with E-state index in [1.165, 1.54) is 23.8 Å². The normalized spacial score (nSPS) is 26.9. The van der Waals surface area contributed by atoms with Gasteiger partial charge in [-0.25, -0.2) is 9.97 Å². The zero-order valence-electron chi connectivity index (χ0n) is 11.2. The molecule has 2 aromatic rings. The summed E-state index contributed by atoms with van der Waals surface area (Å²) in [6, 6.07) is 0. The lowest BCUT2D eigenvalue weighted by Crippen LogP contribution is -2.29. The molecule has 0 amide bonds. The Morgan fingerprint density at radius 1 is 1.32 bits per heavy atom. The third-order valence-corrected chi connectivity index (χ3v) is 4.72. The summed E-state index contributed by atoms with van der Waals surface area (Å²) in [5, 5.41) is 4.69. The first kappa shape index (κ1) is 11.2. The van der Waals surface area contributed by atoms with E-state index in [0.29, 0.717) is 5.41 Å². The highest BCUT2D eigenvalue weighted by Crippen LogP contribution is 2.39. The van der Waals surface area contributed by atoms with Gasteiger partial charge in [-0.1, -0.05) is 0 Å². The topological polar surface area (TPSA) is 56.8 Å². The second-order valence-corrected chi connectivity index (χ2v) is 5.99. The van der Waals surface area contributed by atoms with Crippen molar-refractivity contribution in [3.63, 3.8) is 0 Å². The van der Waals surface area contributed by atoms with Crippen molar-refractivity contribution >= 4 is 16.9 Å². The predicted molar refractivity (Wildman–Crippen MR) is 75.4 cm³/mol. The molecule has 4 heterocycles. The minimum atomic E-state index is 0.474. The van der Waals surface area contributed by atoms with E-state index in [1.54, 1.807) is 6.33 Å². The Labute approximate surface area is 112 Å². The molecule has 2 aliphatic rings. The SMILES string of the molecule is Cc1c[nH]c2ncnc(N3CCC4(CCNC4)C3)c12. The lowest BCUT2D eigenvalue weighted by atomic mass is 9.87. The van der Waals surface area contributed by atoms with Crippen LogP contribution in [0.15, 0.2) is 12.5 Å². The van der Waals surface area contributed by atoms with Crippen molar-refractivity contribution in [2.24, 2.45) is 5.41 Å². The van der Waals surface area contributed by atoms with Gasteiger partial charge >= 0.3 is 0 Å². The van der Waals surface area contributed by atoms with Crippen molar-refractivity contribution in [1.29, 1.82) is 0 Å². The number of nitrogens with zero attached hydrogens (tertiary/aromatic N) is 3. The van der Waals surface area contributed by atoms with Crippen LogP contribution in [0.2, 0.25) is 0 Å². The highest BCUT2D eigenvalue weighted by molar-refractivity contribution is 5.90. The van der Waals surface area contributed by atoms with Crippen LogP contribution >= 0.6 is 0 Å². The van der Waals surface area contributed by atoms with Crippen molar-refractivity contribution in [1.82, 2.24) is 20.3 Å². The summed E-state index contributed by atoms with van der Waals surface area (Å²) in [6.45, 7) is 6.67. The standard InChI is InChI=1S/C14H19N5/c1-10-6-16-12-11(10)13(18-9-17-12)19-5-3-14(8-19)2-4-15-7-14/h6,9,15H,2-5,7-8H2,1H3,(H,16,17,18). The van der Waals surface area contributed by atoms with Crippen molar-refractivity contribution in [3.05, 3.63) is 18.1 Å². The number of fused-ring (bicyclic) bond motifs is 1. The molecule has 5 heteroatoms. The number of hydrogen-bond donors (Lipinski definition) is 2. The van der Waals surface area contributed by atoms with Crippen molar-refractivity contribution < 1.29 is 0 Å². The van der Waals surface area contributed by atoms with Crippen molar-refractivity contribution in [3.8, 4) is 0 Å². The third-order valence-electron chi connectivity index (χ3n) is 4.72. The van der Waals surface area contributed by atoms with Crippen LogP contribution in [0.5, 0.6) is 0 Å². The fourth-order valence-electron chi connectivity index (χ4n) is 3.60. The molecule has 19 heavy (non-hydrogen) atoms. The Morgan fingerprint density at radius 2 is 2.26 bits per heavy atom. The number of aromatic nitrogens is 3. The first-order valence-electron chi connectivity index (χ1n) is 7.02. The van der Waals surface area contributed by atoms with E-state index < -0.39 is 0 Å². The lowest BCUT2D eigenvalue weighted by Gasteiger charge is -2.23. The molecule has 2 N–H and O–H groups in total. The molecule has 0 aromatic carbocycles. The maximum Gasteiger partial charge on any atom is 0.143 e. The molecule has 0 bridgehead atoms. The molecular formula is C14H19N5. The van der Waals surface area contributed by atoms with Gasteiger partial charge in [0.1, 0.15) is 17.8 Å². The molecule has 2 aliphatic heterocycles. The van der Waals surface area contributed by atoms with Crippen LogP contribution in [0.25, 0.3) is 11.0 Å². The minimum absolute atomic E-state index is 0.474. The summed E-state index contributed by atoms with van der Waals surface area (Å²) in [6.07, 6.45) is 6.26. The summed E-state index contributed by atoms with van der Waals surface area (Å²) in [4.78, 5) is 14.5.